The highest BCUT2D eigenvalue weighted by molar-refractivity contribution is 5.83. The van der Waals surface area contributed by atoms with Gasteiger partial charge in [-0.3, -0.25) is 19.4 Å². The van der Waals surface area contributed by atoms with Crippen LogP contribution in [-0.4, -0.2) is 83.4 Å². The summed E-state index contributed by atoms with van der Waals surface area (Å²) in [6.07, 6.45) is 13.7. The van der Waals surface area contributed by atoms with E-state index in [0.717, 1.165) is 55.1 Å². The number of Topliss-reactive ketones (excluding diaryl/α,β-unsaturated/α-hetero) is 1. The number of carbonyl (C=O) groups is 1. The number of anilines is 1. The van der Waals surface area contributed by atoms with Crippen LogP contribution in [0.1, 0.15) is 43.0 Å². The zero-order valence-electron chi connectivity index (χ0n) is 24.7. The normalized spacial score (nSPS) is 20.9. The van der Waals surface area contributed by atoms with Gasteiger partial charge in [-0.15, -0.1) is 0 Å². The lowest BCUT2D eigenvalue weighted by molar-refractivity contribution is -0.120. The fourth-order valence-electron chi connectivity index (χ4n) is 6.86. The molecule has 12 heteroatoms. The van der Waals surface area contributed by atoms with Crippen LogP contribution in [0.3, 0.4) is 0 Å². The molecule has 2 aliphatic heterocycles. The smallest absolute Gasteiger partial charge is 0.133 e. The number of ether oxygens (including phenoxy) is 1. The Morgan fingerprint density at radius 1 is 0.911 bits per heavy atom. The molecule has 226 valence electrons. The molecule has 0 aromatic carbocycles. The minimum Gasteiger partial charge on any atom is -0.378 e. The van der Waals surface area contributed by atoms with Crippen LogP contribution in [0.4, 0.5) is 5.82 Å². The molecule has 45 heavy (non-hydrogen) atoms. The van der Waals surface area contributed by atoms with E-state index in [2.05, 4.69) is 37.1 Å². The number of hydrogen-bond acceptors (Lipinski definition) is 10. The van der Waals surface area contributed by atoms with Crippen molar-refractivity contribution in [3.63, 3.8) is 0 Å². The summed E-state index contributed by atoms with van der Waals surface area (Å²) in [5.41, 5.74) is 5.16. The largest absolute Gasteiger partial charge is 0.378 e. The van der Waals surface area contributed by atoms with Gasteiger partial charge in [0.05, 0.1) is 67.0 Å². The number of ketones is 1. The molecule has 0 radical (unpaired) electrons. The first-order chi connectivity index (χ1) is 22.1. The summed E-state index contributed by atoms with van der Waals surface area (Å²) in [7, 11) is 0. The van der Waals surface area contributed by atoms with Crippen LogP contribution >= 0.6 is 0 Å². The minimum atomic E-state index is 0.203. The molecule has 12 nitrogen and oxygen atoms in total. The van der Waals surface area contributed by atoms with Gasteiger partial charge in [-0.25, -0.2) is 14.5 Å². The van der Waals surface area contributed by atoms with Crippen LogP contribution in [0.5, 0.6) is 0 Å². The first-order valence-corrected chi connectivity index (χ1v) is 15.4. The Morgan fingerprint density at radius 3 is 2.49 bits per heavy atom. The van der Waals surface area contributed by atoms with Crippen LogP contribution in [-0.2, 0) is 16.1 Å². The number of nitriles is 1. The van der Waals surface area contributed by atoms with E-state index in [0.29, 0.717) is 54.3 Å². The summed E-state index contributed by atoms with van der Waals surface area (Å²) in [4.78, 5) is 31.0. The predicted octanol–water partition coefficient (Wildman–Crippen LogP) is 3.70. The van der Waals surface area contributed by atoms with Crippen molar-refractivity contribution in [2.75, 3.05) is 31.2 Å². The SMILES string of the molecule is N#Cc1cnn2cc(-c3cnn(C4CCC(=O)CC4)c3)nc(-c3ccc(N4C[C@H]5COC[C@@H](C4)N5Cc4ccccn4)nc3)c12. The van der Waals surface area contributed by atoms with Crippen molar-refractivity contribution in [2.24, 2.45) is 0 Å². The van der Waals surface area contributed by atoms with E-state index in [1.807, 2.05) is 53.7 Å². The van der Waals surface area contributed by atoms with E-state index in [1.165, 1.54) is 0 Å². The lowest BCUT2D eigenvalue weighted by Gasteiger charge is -2.50. The van der Waals surface area contributed by atoms with Gasteiger partial charge in [0.1, 0.15) is 28.8 Å². The van der Waals surface area contributed by atoms with Gasteiger partial charge in [-0.1, -0.05) is 6.07 Å². The lowest BCUT2D eigenvalue weighted by atomic mass is 9.94. The van der Waals surface area contributed by atoms with Crippen LogP contribution in [0.2, 0.25) is 0 Å². The van der Waals surface area contributed by atoms with Gasteiger partial charge < -0.3 is 9.64 Å². The highest BCUT2D eigenvalue weighted by atomic mass is 16.5. The molecular weight excluding hydrogens is 568 g/mol. The Hall–Kier alpha value is -4.99. The number of morpholine rings is 1. The molecule has 0 amide bonds. The molecule has 0 N–H and O–H groups in total. The molecule has 8 rings (SSSR count). The van der Waals surface area contributed by atoms with Gasteiger partial charge in [-0.2, -0.15) is 15.5 Å². The summed E-state index contributed by atoms with van der Waals surface area (Å²) >= 11 is 0. The number of nitrogens with zero attached hydrogens (tertiary/aromatic N) is 10. The molecule has 7 heterocycles. The number of pyridine rings is 2. The number of rotatable bonds is 6. The molecule has 0 unspecified atom stereocenters. The quantitative estimate of drug-likeness (QED) is 0.284. The predicted molar refractivity (Wildman–Crippen MR) is 165 cm³/mol. The maximum absolute atomic E-state index is 11.7. The van der Waals surface area contributed by atoms with Gasteiger partial charge in [0.15, 0.2) is 0 Å². The molecule has 2 atom stereocenters. The van der Waals surface area contributed by atoms with Gasteiger partial charge in [0.2, 0.25) is 0 Å². The van der Waals surface area contributed by atoms with E-state index in [4.69, 9.17) is 14.7 Å². The van der Waals surface area contributed by atoms with Gasteiger partial charge in [-0.05, 0) is 37.1 Å². The second-order valence-corrected chi connectivity index (χ2v) is 12.1. The Labute approximate surface area is 259 Å². The van der Waals surface area contributed by atoms with E-state index in [-0.39, 0.29) is 18.1 Å². The first kappa shape index (κ1) is 27.6. The molecule has 1 aliphatic carbocycles. The minimum absolute atomic E-state index is 0.203. The summed E-state index contributed by atoms with van der Waals surface area (Å²) in [5.74, 6) is 1.23. The van der Waals surface area contributed by atoms with E-state index in [9.17, 15) is 10.1 Å². The van der Waals surface area contributed by atoms with E-state index >= 15 is 0 Å². The van der Waals surface area contributed by atoms with Crippen LogP contribution < -0.4 is 4.90 Å². The average Bonchev–Trinajstić information content (AvgIpc) is 3.73. The number of fused-ring (bicyclic) bond motifs is 3. The third-order valence-electron chi connectivity index (χ3n) is 9.24. The number of carbonyl (C=O) groups excluding carboxylic acids is 1. The molecule has 5 aromatic heterocycles. The van der Waals surface area contributed by atoms with Crippen LogP contribution in [0.15, 0.2) is 67.5 Å². The highest BCUT2D eigenvalue weighted by Gasteiger charge is 2.38. The van der Waals surface area contributed by atoms with E-state index < -0.39 is 0 Å². The third-order valence-corrected chi connectivity index (χ3v) is 9.24. The Bertz CT molecular complexity index is 1870. The molecule has 1 saturated carbocycles. The van der Waals surface area contributed by atoms with Crippen molar-refractivity contribution < 1.29 is 9.53 Å². The average molecular weight is 601 g/mol. The summed E-state index contributed by atoms with van der Waals surface area (Å²) < 4.78 is 9.60. The van der Waals surface area contributed by atoms with Crippen molar-refractivity contribution in [1.82, 2.24) is 39.2 Å². The van der Waals surface area contributed by atoms with E-state index in [1.54, 1.807) is 16.9 Å². The fourth-order valence-corrected chi connectivity index (χ4v) is 6.86. The van der Waals surface area contributed by atoms with Gasteiger partial charge in [0, 0.05) is 62.2 Å². The first-order valence-electron chi connectivity index (χ1n) is 15.4. The second-order valence-electron chi connectivity index (χ2n) is 12.1. The highest BCUT2D eigenvalue weighted by Crippen LogP contribution is 2.32. The Kier molecular flexibility index (Phi) is 7.04. The topological polar surface area (TPSA) is 130 Å². The van der Waals surface area contributed by atoms with Crippen LogP contribution in [0.25, 0.3) is 28.0 Å². The number of piperazine rings is 1. The maximum Gasteiger partial charge on any atom is 0.133 e. The monoisotopic (exact) mass is 600 g/mol. The van der Waals surface area contributed by atoms with Gasteiger partial charge in [0.25, 0.3) is 0 Å². The van der Waals surface area contributed by atoms with Crippen molar-refractivity contribution in [1.29, 1.82) is 5.26 Å². The van der Waals surface area contributed by atoms with Crippen LogP contribution in [0, 0.1) is 11.3 Å². The standard InChI is InChI=1S/C33H32N10O2/c34-11-23-13-38-43-19-30(24-14-37-42(15-24)26-5-7-29(44)8-6-26)39-32(33(23)43)22-4-9-31(36-12-22)40-17-27-20-45-21-28(18-40)41(27)16-25-3-1-2-10-35-25/h1-4,9-10,12-15,19,26-28H,5-8,16-18,20-21H2/t27-,28+. The Morgan fingerprint density at radius 2 is 1.76 bits per heavy atom. The summed E-state index contributed by atoms with van der Waals surface area (Å²) in [6, 6.07) is 13.1. The van der Waals surface area contributed by atoms with Gasteiger partial charge >= 0.3 is 0 Å². The number of hydrogen-bond donors (Lipinski definition) is 0. The van der Waals surface area contributed by atoms with Crippen molar-refractivity contribution >= 4 is 17.1 Å². The summed E-state index contributed by atoms with van der Waals surface area (Å²) in [5, 5.41) is 18.9. The van der Waals surface area contributed by atoms with Crippen molar-refractivity contribution in [3.8, 4) is 28.6 Å². The van der Waals surface area contributed by atoms with Crippen molar-refractivity contribution in [3.05, 3.63) is 78.8 Å². The molecule has 3 aliphatic rings. The third kappa shape index (κ3) is 5.24. The molecule has 3 fully saturated rings. The molecular formula is C33H32N10O2. The molecule has 2 bridgehead atoms. The maximum atomic E-state index is 11.7. The molecule has 2 saturated heterocycles. The zero-order chi connectivity index (χ0) is 30.3. The zero-order valence-corrected chi connectivity index (χ0v) is 24.7. The van der Waals surface area contributed by atoms with Crippen molar-refractivity contribution in [2.45, 2.75) is 50.4 Å². The summed E-state index contributed by atoms with van der Waals surface area (Å²) in [6.45, 7) is 3.80. The molecule has 5 aromatic rings. The fraction of sp³-hybridized carbons (Fsp3) is 0.364. The second kappa shape index (κ2) is 11.5. The number of aromatic nitrogens is 7. The lowest BCUT2D eigenvalue weighted by Crippen LogP contribution is -2.64. The Balaban J connectivity index is 1.07. The molecule has 0 spiro atoms.